The number of benzene rings is 3. The third-order valence-corrected chi connectivity index (χ3v) is 5.67. The van der Waals surface area contributed by atoms with Crippen molar-refractivity contribution in [3.63, 3.8) is 0 Å². The Morgan fingerprint density at radius 1 is 0.900 bits per heavy atom. The molecule has 150 valence electrons. The molecule has 0 unspecified atom stereocenters. The number of carbonyl (C=O) groups excluding carboxylic acids is 1. The van der Waals surface area contributed by atoms with E-state index in [1.165, 1.54) is 22.5 Å². The van der Waals surface area contributed by atoms with Crippen LogP contribution in [0.3, 0.4) is 0 Å². The van der Waals surface area contributed by atoms with Gasteiger partial charge in [-0.3, -0.25) is 10.1 Å². The highest BCUT2D eigenvalue weighted by Crippen LogP contribution is 2.29. The number of nitrogens with zero attached hydrogens (tertiary/aromatic N) is 1. The third-order valence-electron chi connectivity index (χ3n) is 4.70. The molecule has 0 fully saturated rings. The van der Waals surface area contributed by atoms with Gasteiger partial charge in [0.15, 0.2) is 5.13 Å². The molecule has 0 bridgehead atoms. The maximum Gasteiger partial charge on any atom is 0.257 e. The maximum atomic E-state index is 12.6. The fraction of sp³-hybridized carbons (Fsp3) is 0.120. The minimum absolute atomic E-state index is 0.175. The van der Waals surface area contributed by atoms with Gasteiger partial charge < -0.3 is 4.74 Å². The molecule has 0 spiro atoms. The number of aromatic nitrogens is 1. The van der Waals surface area contributed by atoms with Crippen molar-refractivity contribution in [1.29, 1.82) is 0 Å². The first-order chi connectivity index (χ1) is 14.6. The number of thiazole rings is 1. The first kappa shape index (κ1) is 19.9. The second-order valence-corrected chi connectivity index (χ2v) is 8.18. The molecule has 0 radical (unpaired) electrons. The summed E-state index contributed by atoms with van der Waals surface area (Å²) in [6.45, 7) is 4.56. The van der Waals surface area contributed by atoms with E-state index in [0.717, 1.165) is 21.8 Å². The molecule has 0 saturated carbocycles. The summed E-state index contributed by atoms with van der Waals surface area (Å²) in [5.41, 5.74) is 5.09. The lowest BCUT2D eigenvalue weighted by molar-refractivity contribution is 0.102. The minimum atomic E-state index is -0.175. The summed E-state index contributed by atoms with van der Waals surface area (Å²) in [7, 11) is 0. The molecule has 1 aromatic heterocycles. The number of rotatable bonds is 6. The number of aryl methyl sites for hydroxylation is 2. The smallest absolute Gasteiger partial charge is 0.257 e. The van der Waals surface area contributed by atoms with Gasteiger partial charge in [-0.25, -0.2) is 4.98 Å². The average Bonchev–Trinajstić information content (AvgIpc) is 3.22. The molecule has 0 saturated heterocycles. The number of anilines is 1. The molecule has 4 rings (SSSR count). The van der Waals surface area contributed by atoms with Crippen LogP contribution in [0.1, 0.15) is 27.0 Å². The Labute approximate surface area is 180 Å². The van der Waals surface area contributed by atoms with Crippen LogP contribution >= 0.6 is 11.3 Å². The molecule has 0 aliphatic rings. The summed E-state index contributed by atoms with van der Waals surface area (Å²) in [5, 5.41) is 3.47. The number of amides is 1. The second-order valence-electron chi connectivity index (χ2n) is 7.15. The Hall–Kier alpha value is -3.44. The lowest BCUT2D eigenvalue weighted by Crippen LogP contribution is -2.11. The zero-order valence-corrected chi connectivity index (χ0v) is 17.7. The largest absolute Gasteiger partial charge is 0.489 e. The van der Waals surface area contributed by atoms with Crippen molar-refractivity contribution in [3.05, 3.63) is 101 Å². The highest BCUT2D eigenvalue weighted by atomic mass is 32.1. The average molecular weight is 415 g/mol. The topological polar surface area (TPSA) is 51.2 Å². The third kappa shape index (κ3) is 4.93. The summed E-state index contributed by atoms with van der Waals surface area (Å²) in [5.74, 6) is 0.654. The molecule has 3 aromatic carbocycles. The van der Waals surface area contributed by atoms with E-state index >= 15 is 0 Å². The van der Waals surface area contributed by atoms with Gasteiger partial charge in [0.2, 0.25) is 0 Å². The van der Waals surface area contributed by atoms with Crippen LogP contribution in [0.15, 0.2) is 79.0 Å². The van der Waals surface area contributed by atoms with Gasteiger partial charge in [0.05, 0.1) is 4.88 Å². The van der Waals surface area contributed by atoms with Crippen LogP contribution in [-0.2, 0) is 6.61 Å². The zero-order valence-electron chi connectivity index (χ0n) is 16.9. The summed E-state index contributed by atoms with van der Waals surface area (Å²) in [6.07, 6.45) is 1.79. The first-order valence-corrected chi connectivity index (χ1v) is 10.5. The Bertz CT molecular complexity index is 1130. The van der Waals surface area contributed by atoms with Crippen LogP contribution < -0.4 is 10.1 Å². The molecular formula is C25H22N2O2S. The van der Waals surface area contributed by atoms with Crippen LogP contribution in [0.25, 0.3) is 10.4 Å². The summed E-state index contributed by atoms with van der Waals surface area (Å²) in [6, 6.07) is 23.6. The van der Waals surface area contributed by atoms with E-state index < -0.39 is 0 Å². The maximum absolute atomic E-state index is 12.6. The van der Waals surface area contributed by atoms with Crippen molar-refractivity contribution in [2.45, 2.75) is 20.5 Å². The lowest BCUT2D eigenvalue weighted by atomic mass is 10.1. The highest BCUT2D eigenvalue weighted by molar-refractivity contribution is 7.19. The Morgan fingerprint density at radius 2 is 1.53 bits per heavy atom. The van der Waals surface area contributed by atoms with E-state index in [2.05, 4.69) is 41.5 Å². The summed E-state index contributed by atoms with van der Waals surface area (Å²) >= 11 is 1.46. The van der Waals surface area contributed by atoms with E-state index in [9.17, 15) is 4.79 Å². The molecule has 1 heterocycles. The Balaban J connectivity index is 1.35. The Kier molecular flexibility index (Phi) is 5.91. The number of carbonyl (C=O) groups is 1. The molecule has 4 aromatic rings. The Morgan fingerprint density at radius 3 is 2.20 bits per heavy atom. The fourth-order valence-electron chi connectivity index (χ4n) is 2.91. The number of hydrogen-bond acceptors (Lipinski definition) is 4. The fourth-order valence-corrected chi connectivity index (χ4v) is 3.72. The second kappa shape index (κ2) is 8.93. The zero-order chi connectivity index (χ0) is 20.9. The van der Waals surface area contributed by atoms with Crippen LogP contribution in [0.5, 0.6) is 5.75 Å². The highest BCUT2D eigenvalue weighted by Gasteiger charge is 2.10. The molecule has 0 aliphatic carbocycles. The quantitative estimate of drug-likeness (QED) is 0.405. The molecule has 4 nitrogen and oxygen atoms in total. The van der Waals surface area contributed by atoms with Gasteiger partial charge >= 0.3 is 0 Å². The molecule has 1 N–H and O–H groups in total. The van der Waals surface area contributed by atoms with E-state index in [-0.39, 0.29) is 5.91 Å². The minimum Gasteiger partial charge on any atom is -0.489 e. The van der Waals surface area contributed by atoms with E-state index in [4.69, 9.17) is 4.74 Å². The summed E-state index contributed by atoms with van der Waals surface area (Å²) in [4.78, 5) is 17.9. The molecule has 1 amide bonds. The van der Waals surface area contributed by atoms with Gasteiger partial charge in [0, 0.05) is 11.8 Å². The van der Waals surface area contributed by atoms with Gasteiger partial charge in [0.1, 0.15) is 12.4 Å². The van der Waals surface area contributed by atoms with Crippen molar-refractivity contribution >= 4 is 22.4 Å². The standard InChI is InChI=1S/C25H22N2O2S/c1-17-3-9-20(10-4-17)23-15-26-25(30-23)27-24(28)21-11-7-19(8-12-21)16-29-22-13-5-18(2)6-14-22/h3-15H,16H2,1-2H3,(H,26,27,28). The number of hydrogen-bond donors (Lipinski definition) is 1. The van der Waals surface area contributed by atoms with Gasteiger partial charge in [-0.2, -0.15) is 0 Å². The van der Waals surface area contributed by atoms with Crippen molar-refractivity contribution in [2.24, 2.45) is 0 Å². The predicted molar refractivity (Wildman–Crippen MR) is 122 cm³/mol. The first-order valence-electron chi connectivity index (χ1n) is 9.69. The van der Waals surface area contributed by atoms with Crippen LogP contribution in [0, 0.1) is 13.8 Å². The van der Waals surface area contributed by atoms with E-state index in [1.54, 1.807) is 18.3 Å². The van der Waals surface area contributed by atoms with Crippen LogP contribution in [0.2, 0.25) is 0 Å². The van der Waals surface area contributed by atoms with Crippen molar-refractivity contribution in [3.8, 4) is 16.2 Å². The predicted octanol–water partition coefficient (Wildman–Crippen LogP) is 6.26. The SMILES string of the molecule is Cc1ccc(OCc2ccc(C(=O)Nc3ncc(-c4ccc(C)cc4)s3)cc2)cc1. The van der Waals surface area contributed by atoms with Crippen LogP contribution in [-0.4, -0.2) is 10.9 Å². The number of nitrogens with one attached hydrogen (secondary N) is 1. The normalized spacial score (nSPS) is 10.6. The molecule has 0 aliphatic heterocycles. The monoisotopic (exact) mass is 414 g/mol. The van der Waals surface area contributed by atoms with Crippen molar-refractivity contribution in [2.75, 3.05) is 5.32 Å². The van der Waals surface area contributed by atoms with Crippen molar-refractivity contribution in [1.82, 2.24) is 4.98 Å². The van der Waals surface area contributed by atoms with E-state index in [0.29, 0.717) is 17.3 Å². The summed E-state index contributed by atoms with van der Waals surface area (Å²) < 4.78 is 5.79. The van der Waals surface area contributed by atoms with Crippen LogP contribution in [0.4, 0.5) is 5.13 Å². The van der Waals surface area contributed by atoms with Gasteiger partial charge in [-0.15, -0.1) is 0 Å². The van der Waals surface area contributed by atoms with E-state index in [1.807, 2.05) is 43.3 Å². The van der Waals surface area contributed by atoms with Gasteiger partial charge in [-0.1, -0.05) is 71.0 Å². The number of ether oxygens (including phenoxy) is 1. The molecule has 5 heteroatoms. The molecule has 30 heavy (non-hydrogen) atoms. The molecular weight excluding hydrogens is 392 g/mol. The van der Waals surface area contributed by atoms with Gasteiger partial charge in [0.25, 0.3) is 5.91 Å². The van der Waals surface area contributed by atoms with Gasteiger partial charge in [-0.05, 0) is 49.2 Å². The van der Waals surface area contributed by atoms with Crippen molar-refractivity contribution < 1.29 is 9.53 Å². The lowest BCUT2D eigenvalue weighted by Gasteiger charge is -2.07. The molecule has 0 atom stereocenters.